The minimum absolute atomic E-state index is 0.363. The van der Waals surface area contributed by atoms with Gasteiger partial charge in [0.25, 0.3) is 0 Å². The van der Waals surface area contributed by atoms with Crippen LogP contribution in [0.15, 0.2) is 59.7 Å². The van der Waals surface area contributed by atoms with Gasteiger partial charge in [-0.15, -0.1) is 0 Å². The first kappa shape index (κ1) is 13.7. The van der Waals surface area contributed by atoms with Gasteiger partial charge >= 0.3 is 0 Å². The Labute approximate surface area is 125 Å². The molecule has 0 bridgehead atoms. The number of para-hydroxylation sites is 2. The summed E-state index contributed by atoms with van der Waals surface area (Å²) in [4.78, 5) is 0. The maximum Gasteiger partial charge on any atom is 0.128 e. The molecule has 3 rings (SSSR count). The van der Waals surface area contributed by atoms with Crippen molar-refractivity contribution in [3.8, 4) is 5.75 Å². The molecule has 0 spiro atoms. The van der Waals surface area contributed by atoms with Gasteiger partial charge < -0.3 is 4.74 Å². The quantitative estimate of drug-likeness (QED) is 0.648. The monoisotopic (exact) mass is 280 g/mol. The molecule has 108 valence electrons. The molecule has 1 aliphatic rings. The van der Waals surface area contributed by atoms with E-state index in [0.717, 1.165) is 29.8 Å². The van der Waals surface area contributed by atoms with Gasteiger partial charge in [0.15, 0.2) is 0 Å². The molecule has 2 aromatic rings. The normalized spacial score (nSPS) is 15.4. The molecule has 1 N–H and O–H groups in total. The molecule has 0 heterocycles. The van der Waals surface area contributed by atoms with Crippen molar-refractivity contribution in [1.82, 2.24) is 0 Å². The van der Waals surface area contributed by atoms with Crippen LogP contribution in [0.4, 0.5) is 5.69 Å². The van der Waals surface area contributed by atoms with Crippen LogP contribution in [0.1, 0.15) is 31.2 Å². The van der Waals surface area contributed by atoms with Crippen molar-refractivity contribution in [2.45, 2.75) is 31.8 Å². The standard InChI is InChI=1S/C18H20N2O/c1-2-9-16(10-3-1)20-19-14-15-8-4-7-13-18(15)21-17-11-5-6-12-17/h1-4,7-10,13-14,17,20H,5-6,11-12H2. The molecule has 3 heteroatoms. The summed E-state index contributed by atoms with van der Waals surface area (Å²) in [5, 5.41) is 4.29. The molecule has 0 unspecified atom stereocenters. The molecule has 21 heavy (non-hydrogen) atoms. The summed E-state index contributed by atoms with van der Waals surface area (Å²) in [5.74, 6) is 0.919. The number of hydrazone groups is 1. The number of rotatable bonds is 5. The first-order valence-corrected chi connectivity index (χ1v) is 7.51. The highest BCUT2D eigenvalue weighted by molar-refractivity contribution is 5.84. The summed E-state index contributed by atoms with van der Waals surface area (Å²) in [5.41, 5.74) is 5.01. The lowest BCUT2D eigenvalue weighted by Gasteiger charge is -2.14. The van der Waals surface area contributed by atoms with Crippen molar-refractivity contribution in [3.63, 3.8) is 0 Å². The molecule has 0 radical (unpaired) electrons. The molecular formula is C18H20N2O. The number of anilines is 1. The van der Waals surface area contributed by atoms with E-state index in [1.54, 1.807) is 0 Å². The van der Waals surface area contributed by atoms with Crippen molar-refractivity contribution in [2.24, 2.45) is 5.10 Å². The Bertz CT molecular complexity index is 589. The van der Waals surface area contributed by atoms with Crippen LogP contribution in [0.2, 0.25) is 0 Å². The van der Waals surface area contributed by atoms with Crippen LogP contribution < -0.4 is 10.2 Å². The van der Waals surface area contributed by atoms with Gasteiger partial charge in [-0.25, -0.2) is 0 Å². The fourth-order valence-corrected chi connectivity index (χ4v) is 2.57. The van der Waals surface area contributed by atoms with Crippen LogP contribution in [0.25, 0.3) is 0 Å². The third-order valence-corrected chi connectivity index (χ3v) is 3.69. The number of nitrogens with one attached hydrogen (secondary N) is 1. The molecule has 0 saturated heterocycles. The van der Waals surface area contributed by atoms with E-state index < -0.39 is 0 Å². The summed E-state index contributed by atoms with van der Waals surface area (Å²) < 4.78 is 6.09. The van der Waals surface area contributed by atoms with Gasteiger partial charge in [0.1, 0.15) is 5.75 Å². The van der Waals surface area contributed by atoms with Crippen molar-refractivity contribution < 1.29 is 4.74 Å². The van der Waals surface area contributed by atoms with Crippen molar-refractivity contribution in [2.75, 3.05) is 5.43 Å². The Hall–Kier alpha value is -2.29. The Balaban J connectivity index is 1.66. The molecule has 2 aromatic carbocycles. The highest BCUT2D eigenvalue weighted by Gasteiger charge is 2.17. The van der Waals surface area contributed by atoms with Gasteiger partial charge in [0, 0.05) is 5.56 Å². The van der Waals surface area contributed by atoms with Crippen LogP contribution in [0.5, 0.6) is 5.75 Å². The molecule has 0 atom stereocenters. The lowest BCUT2D eigenvalue weighted by atomic mass is 10.2. The van der Waals surface area contributed by atoms with E-state index in [0.29, 0.717) is 6.10 Å². The van der Waals surface area contributed by atoms with E-state index >= 15 is 0 Å². The average Bonchev–Trinajstić information content (AvgIpc) is 3.03. The maximum absolute atomic E-state index is 6.09. The second kappa shape index (κ2) is 6.93. The van der Waals surface area contributed by atoms with E-state index in [-0.39, 0.29) is 0 Å². The topological polar surface area (TPSA) is 33.6 Å². The first-order chi connectivity index (χ1) is 10.4. The van der Waals surface area contributed by atoms with E-state index in [9.17, 15) is 0 Å². The zero-order valence-electron chi connectivity index (χ0n) is 12.0. The van der Waals surface area contributed by atoms with Crippen LogP contribution in [-0.4, -0.2) is 12.3 Å². The summed E-state index contributed by atoms with van der Waals surface area (Å²) in [6.07, 6.45) is 7.05. The van der Waals surface area contributed by atoms with Crippen molar-refractivity contribution in [1.29, 1.82) is 0 Å². The van der Waals surface area contributed by atoms with Gasteiger partial charge in [-0.05, 0) is 49.9 Å². The van der Waals surface area contributed by atoms with Crippen LogP contribution >= 0.6 is 0 Å². The zero-order valence-corrected chi connectivity index (χ0v) is 12.0. The number of ether oxygens (including phenoxy) is 1. The molecule has 0 amide bonds. The Morgan fingerprint density at radius 3 is 2.48 bits per heavy atom. The van der Waals surface area contributed by atoms with Gasteiger partial charge in [-0.2, -0.15) is 5.10 Å². The molecule has 0 aromatic heterocycles. The fraction of sp³-hybridized carbons (Fsp3) is 0.278. The third-order valence-electron chi connectivity index (χ3n) is 3.69. The van der Waals surface area contributed by atoms with Crippen LogP contribution in [0.3, 0.4) is 0 Å². The number of nitrogens with zero attached hydrogens (tertiary/aromatic N) is 1. The van der Waals surface area contributed by atoms with Gasteiger partial charge in [-0.3, -0.25) is 5.43 Å². The van der Waals surface area contributed by atoms with E-state index in [1.165, 1.54) is 12.8 Å². The van der Waals surface area contributed by atoms with E-state index in [2.05, 4.69) is 10.5 Å². The maximum atomic E-state index is 6.09. The van der Waals surface area contributed by atoms with Gasteiger partial charge in [-0.1, -0.05) is 30.3 Å². The molecule has 0 aliphatic heterocycles. The van der Waals surface area contributed by atoms with Gasteiger partial charge in [0.05, 0.1) is 18.0 Å². The highest BCUT2D eigenvalue weighted by atomic mass is 16.5. The molecular weight excluding hydrogens is 260 g/mol. The summed E-state index contributed by atoms with van der Waals surface area (Å²) in [6.45, 7) is 0. The van der Waals surface area contributed by atoms with Crippen LogP contribution in [-0.2, 0) is 0 Å². The predicted octanol–water partition coefficient (Wildman–Crippen LogP) is 4.45. The van der Waals surface area contributed by atoms with Crippen molar-refractivity contribution >= 4 is 11.9 Å². The molecule has 1 saturated carbocycles. The molecule has 1 aliphatic carbocycles. The van der Waals surface area contributed by atoms with Gasteiger partial charge in [0.2, 0.25) is 0 Å². The minimum atomic E-state index is 0.363. The zero-order chi connectivity index (χ0) is 14.3. The molecule has 3 nitrogen and oxygen atoms in total. The number of hydrogen-bond donors (Lipinski definition) is 1. The Kier molecular flexibility index (Phi) is 4.52. The molecule has 1 fully saturated rings. The lowest BCUT2D eigenvalue weighted by molar-refractivity contribution is 0.210. The van der Waals surface area contributed by atoms with Crippen molar-refractivity contribution in [3.05, 3.63) is 60.2 Å². The second-order valence-electron chi connectivity index (χ2n) is 5.30. The number of benzene rings is 2. The largest absolute Gasteiger partial charge is 0.490 e. The minimum Gasteiger partial charge on any atom is -0.490 e. The average molecular weight is 280 g/mol. The first-order valence-electron chi connectivity index (χ1n) is 7.51. The summed E-state index contributed by atoms with van der Waals surface area (Å²) in [6, 6.07) is 18.0. The van der Waals surface area contributed by atoms with E-state index in [4.69, 9.17) is 4.74 Å². The van der Waals surface area contributed by atoms with E-state index in [1.807, 2.05) is 60.8 Å². The summed E-state index contributed by atoms with van der Waals surface area (Å²) in [7, 11) is 0. The highest BCUT2D eigenvalue weighted by Crippen LogP contribution is 2.25. The SMILES string of the molecule is C(=NNc1ccccc1)c1ccccc1OC1CCCC1. The second-order valence-corrected chi connectivity index (χ2v) is 5.30. The number of hydrogen-bond acceptors (Lipinski definition) is 3. The Morgan fingerprint density at radius 1 is 0.952 bits per heavy atom. The smallest absolute Gasteiger partial charge is 0.128 e. The predicted molar refractivity (Wildman–Crippen MR) is 87.0 cm³/mol. The Morgan fingerprint density at radius 2 is 1.67 bits per heavy atom. The fourth-order valence-electron chi connectivity index (χ4n) is 2.57. The lowest BCUT2D eigenvalue weighted by Crippen LogP contribution is -2.12. The third kappa shape index (κ3) is 3.85. The summed E-state index contributed by atoms with van der Waals surface area (Å²) >= 11 is 0. The van der Waals surface area contributed by atoms with Crippen LogP contribution in [0, 0.1) is 0 Å².